The van der Waals surface area contributed by atoms with Crippen molar-refractivity contribution in [2.45, 2.75) is 95.1 Å². The molecule has 2 bridgehead atoms. The van der Waals surface area contributed by atoms with Crippen LogP contribution in [0.4, 0.5) is 0 Å². The number of nitrogens with zero attached hydrogens (tertiary/aromatic N) is 1. The van der Waals surface area contributed by atoms with Gasteiger partial charge in [0.05, 0.1) is 12.2 Å². The molecule has 2 aliphatic rings. The summed E-state index contributed by atoms with van der Waals surface area (Å²) in [4.78, 5) is 26.7. The van der Waals surface area contributed by atoms with E-state index < -0.39 is 35.3 Å². The Kier molecular flexibility index (Phi) is 10.9. The Hall–Kier alpha value is -2.70. The fourth-order valence-electron chi connectivity index (χ4n) is 6.21. The average molecular weight is 627 g/mol. The maximum Gasteiger partial charge on any atom is 0.225 e. The van der Waals surface area contributed by atoms with Crippen LogP contribution in [0, 0.1) is 12.8 Å². The first-order valence-corrected chi connectivity index (χ1v) is 15.8. The van der Waals surface area contributed by atoms with E-state index in [0.717, 1.165) is 35.2 Å². The molecule has 5 N–H and O–H groups in total. The molecule has 2 aromatic carbocycles. The third-order valence-corrected chi connectivity index (χ3v) is 9.31. The number of Topliss-reactive ketones (excluding diaryl/α,β-unsaturated/α-hetero) is 1. The minimum Gasteiger partial charge on any atom is -0.387 e. The minimum atomic E-state index is -1.74. The van der Waals surface area contributed by atoms with Gasteiger partial charge in [-0.15, -0.1) is 0 Å². The maximum absolute atomic E-state index is 12.5. The lowest BCUT2D eigenvalue weighted by atomic mass is 9.75. The van der Waals surface area contributed by atoms with Crippen molar-refractivity contribution in [2.75, 3.05) is 33.8 Å². The molecule has 0 unspecified atom stereocenters. The molecule has 0 aromatic heterocycles. The molecule has 1 amide bonds. The second-order valence-corrected chi connectivity index (χ2v) is 13.6. The van der Waals surface area contributed by atoms with E-state index in [1.54, 1.807) is 13.0 Å². The minimum absolute atomic E-state index is 0.0852. The Morgan fingerprint density at radius 1 is 1.07 bits per heavy atom. The number of aryl methyl sites for hydroxylation is 2. The van der Waals surface area contributed by atoms with E-state index in [0.29, 0.717) is 31.4 Å². The van der Waals surface area contributed by atoms with E-state index in [2.05, 4.69) is 29.6 Å². The molecular weight excluding hydrogens is 576 g/mol. The number of fused-ring (bicyclic) bond motifs is 2. The number of likely N-dealkylation sites (N-methyl/N-ethyl adjacent to an activating group) is 1. The first kappa shape index (κ1) is 35.2. The Morgan fingerprint density at radius 3 is 2.38 bits per heavy atom. The fraction of sp³-hybridized carbons (Fsp3) is 0.600. The van der Waals surface area contributed by atoms with Crippen molar-refractivity contribution in [3.63, 3.8) is 0 Å². The second-order valence-electron chi connectivity index (χ2n) is 13.6. The van der Waals surface area contributed by atoms with Crippen molar-refractivity contribution in [1.82, 2.24) is 10.2 Å². The Labute approximate surface area is 266 Å². The first-order valence-electron chi connectivity index (χ1n) is 15.8. The summed E-state index contributed by atoms with van der Waals surface area (Å²) in [6.07, 6.45) is -1.94. The molecule has 0 spiro atoms. The van der Waals surface area contributed by atoms with Crippen LogP contribution in [0.5, 0.6) is 0 Å². The summed E-state index contributed by atoms with van der Waals surface area (Å²) >= 11 is 0. The van der Waals surface area contributed by atoms with Crippen molar-refractivity contribution in [3.05, 3.63) is 70.3 Å². The van der Waals surface area contributed by atoms with Crippen molar-refractivity contribution in [1.29, 1.82) is 0 Å². The van der Waals surface area contributed by atoms with Gasteiger partial charge in [0.15, 0.2) is 5.60 Å². The molecule has 10 heteroatoms. The van der Waals surface area contributed by atoms with Gasteiger partial charge in [0, 0.05) is 37.4 Å². The van der Waals surface area contributed by atoms with Crippen LogP contribution in [0.2, 0.25) is 0 Å². The van der Waals surface area contributed by atoms with Gasteiger partial charge in [-0.3, -0.25) is 9.59 Å². The van der Waals surface area contributed by atoms with E-state index >= 15 is 0 Å². The first-order chi connectivity index (χ1) is 21.1. The molecule has 2 saturated heterocycles. The van der Waals surface area contributed by atoms with Crippen LogP contribution in [-0.2, 0) is 37.7 Å². The van der Waals surface area contributed by atoms with Crippen LogP contribution in [0.3, 0.4) is 0 Å². The van der Waals surface area contributed by atoms with Gasteiger partial charge >= 0.3 is 0 Å². The number of ketones is 1. The van der Waals surface area contributed by atoms with Gasteiger partial charge in [0.2, 0.25) is 11.7 Å². The van der Waals surface area contributed by atoms with Crippen molar-refractivity contribution in [2.24, 2.45) is 5.92 Å². The highest BCUT2D eigenvalue weighted by atomic mass is 16.8. The summed E-state index contributed by atoms with van der Waals surface area (Å²) in [5.41, 5.74) is 1.51. The van der Waals surface area contributed by atoms with Gasteiger partial charge in [-0.05, 0) is 82.4 Å². The molecule has 248 valence electrons. The third kappa shape index (κ3) is 7.49. The quantitative estimate of drug-likeness (QED) is 0.212. The van der Waals surface area contributed by atoms with Crippen molar-refractivity contribution in [3.8, 4) is 0 Å². The standard InChI is InChI=1S/C35H50N2O8/c1-22-10-15-27(35-31(41)29(39)30(40)34(45-35,21-44-35)33(3,4)43)20-26(22)19-25-13-11-24(12-14-25)8-7-9-28(38)18-23(2)32(42)36-16-17-37(5)6/h10-15,20,23,29-31,39-41,43H,7-9,16-19,21H2,1-6H3,(H,36,42)/t23-,29-,30-,31+,34-,35-/m0/s1. The lowest BCUT2D eigenvalue weighted by Crippen LogP contribution is -2.70. The number of carbonyl (C=O) groups excluding carboxylic acids is 2. The van der Waals surface area contributed by atoms with E-state index in [-0.39, 0.29) is 30.6 Å². The largest absolute Gasteiger partial charge is 0.387 e. The normalized spacial score (nSPS) is 27.0. The lowest BCUT2D eigenvalue weighted by Gasteiger charge is -2.50. The molecule has 4 rings (SSSR count). The zero-order valence-corrected chi connectivity index (χ0v) is 27.4. The summed E-state index contributed by atoms with van der Waals surface area (Å²) in [5.74, 6) is -2.07. The van der Waals surface area contributed by atoms with Crippen LogP contribution >= 0.6 is 0 Å². The highest BCUT2D eigenvalue weighted by molar-refractivity contribution is 5.86. The number of carbonyl (C=O) groups is 2. The van der Waals surface area contributed by atoms with E-state index in [1.807, 2.05) is 38.1 Å². The summed E-state index contributed by atoms with van der Waals surface area (Å²) in [6.45, 7) is 7.87. The number of nitrogens with one attached hydrogen (secondary N) is 1. The molecule has 2 heterocycles. The molecule has 0 saturated carbocycles. The number of hydrogen-bond donors (Lipinski definition) is 5. The fourth-order valence-corrected chi connectivity index (χ4v) is 6.21. The number of aliphatic hydroxyl groups is 4. The van der Waals surface area contributed by atoms with E-state index in [1.165, 1.54) is 13.8 Å². The Balaban J connectivity index is 1.35. The summed E-state index contributed by atoms with van der Waals surface area (Å²) in [5, 5.41) is 46.3. The van der Waals surface area contributed by atoms with Crippen LogP contribution < -0.4 is 5.32 Å². The van der Waals surface area contributed by atoms with Crippen LogP contribution in [0.15, 0.2) is 42.5 Å². The molecule has 2 fully saturated rings. The monoisotopic (exact) mass is 626 g/mol. The van der Waals surface area contributed by atoms with Crippen molar-refractivity contribution >= 4 is 11.7 Å². The molecule has 6 atom stereocenters. The lowest BCUT2D eigenvalue weighted by molar-refractivity contribution is -0.348. The number of aliphatic hydroxyl groups excluding tert-OH is 3. The van der Waals surface area contributed by atoms with Gasteiger partial charge in [0.1, 0.15) is 24.1 Å². The van der Waals surface area contributed by atoms with Crippen LogP contribution in [0.1, 0.15) is 67.9 Å². The zero-order valence-electron chi connectivity index (χ0n) is 27.4. The molecular formula is C35H50N2O8. The van der Waals surface area contributed by atoms with Gasteiger partial charge in [0.25, 0.3) is 0 Å². The van der Waals surface area contributed by atoms with Gasteiger partial charge in [-0.25, -0.2) is 0 Å². The maximum atomic E-state index is 12.5. The average Bonchev–Trinajstić information content (AvgIpc) is 3.38. The number of ether oxygens (including phenoxy) is 2. The SMILES string of the molecule is Cc1ccc([C@]23OC[C@](C(C)(C)O)(O2)[C@@H](O)[C@H](O)[C@H]3O)cc1Cc1ccc(CCCC(=O)C[C@H](C)C(=O)NCCN(C)C)cc1. The second kappa shape index (κ2) is 14.0. The molecule has 2 aliphatic heterocycles. The molecule has 2 aromatic rings. The van der Waals surface area contributed by atoms with Crippen molar-refractivity contribution < 1.29 is 39.5 Å². The van der Waals surface area contributed by atoms with E-state index in [9.17, 15) is 30.0 Å². The predicted molar refractivity (Wildman–Crippen MR) is 169 cm³/mol. The van der Waals surface area contributed by atoms with Crippen LogP contribution in [-0.4, -0.2) is 100 Å². The highest BCUT2D eigenvalue weighted by Crippen LogP contribution is 2.53. The number of rotatable bonds is 14. The Bertz CT molecular complexity index is 1340. The highest BCUT2D eigenvalue weighted by Gasteiger charge is 2.71. The molecule has 45 heavy (non-hydrogen) atoms. The number of benzene rings is 2. The summed E-state index contributed by atoms with van der Waals surface area (Å²) < 4.78 is 12.2. The van der Waals surface area contributed by atoms with Gasteiger partial charge in [-0.2, -0.15) is 0 Å². The topological polar surface area (TPSA) is 149 Å². The summed E-state index contributed by atoms with van der Waals surface area (Å²) in [7, 11) is 3.89. The van der Waals surface area contributed by atoms with Gasteiger partial charge in [-0.1, -0.05) is 43.3 Å². The smallest absolute Gasteiger partial charge is 0.225 e. The zero-order chi connectivity index (χ0) is 33.2. The molecule has 0 aliphatic carbocycles. The summed E-state index contributed by atoms with van der Waals surface area (Å²) in [6, 6.07) is 13.8. The molecule has 10 nitrogen and oxygen atoms in total. The van der Waals surface area contributed by atoms with E-state index in [4.69, 9.17) is 9.47 Å². The van der Waals surface area contributed by atoms with Gasteiger partial charge < -0.3 is 40.1 Å². The van der Waals surface area contributed by atoms with Crippen LogP contribution in [0.25, 0.3) is 0 Å². The predicted octanol–water partition coefficient (Wildman–Crippen LogP) is 1.99. The Morgan fingerprint density at radius 2 is 1.73 bits per heavy atom. The third-order valence-electron chi connectivity index (χ3n) is 9.31. The number of hydrogen-bond acceptors (Lipinski definition) is 9. The number of amides is 1. The molecule has 0 radical (unpaired) electrons.